The SMILES string of the molecule is Cc1cccc(/C=C(\NC(=O)c2ccccc2)C(=O)Nc2ccc(SCC(=O)Nc3ccc(Cl)cn3)cc2)c1. The van der Waals surface area contributed by atoms with Gasteiger partial charge in [-0.25, -0.2) is 4.98 Å². The number of hydrogen-bond donors (Lipinski definition) is 3. The molecule has 4 aromatic rings. The number of amides is 3. The minimum absolute atomic E-state index is 0.111. The number of aryl methyl sites for hydroxylation is 1. The van der Waals surface area contributed by atoms with Crippen molar-refractivity contribution in [3.63, 3.8) is 0 Å². The maximum atomic E-state index is 13.2. The summed E-state index contributed by atoms with van der Waals surface area (Å²) >= 11 is 7.16. The van der Waals surface area contributed by atoms with Gasteiger partial charge in [-0.3, -0.25) is 14.4 Å². The molecule has 39 heavy (non-hydrogen) atoms. The molecule has 0 saturated heterocycles. The Bertz CT molecular complexity index is 1490. The van der Waals surface area contributed by atoms with E-state index < -0.39 is 5.91 Å². The van der Waals surface area contributed by atoms with Crippen LogP contribution < -0.4 is 16.0 Å². The number of benzene rings is 3. The fourth-order valence-corrected chi connectivity index (χ4v) is 4.29. The molecule has 0 radical (unpaired) electrons. The molecule has 3 aromatic carbocycles. The van der Waals surface area contributed by atoms with Gasteiger partial charge < -0.3 is 16.0 Å². The van der Waals surface area contributed by atoms with Gasteiger partial charge in [0.05, 0.1) is 10.8 Å². The number of carbonyl (C=O) groups is 3. The van der Waals surface area contributed by atoms with Crippen LogP contribution in [-0.2, 0) is 9.59 Å². The van der Waals surface area contributed by atoms with Crippen molar-refractivity contribution in [1.29, 1.82) is 0 Å². The van der Waals surface area contributed by atoms with Gasteiger partial charge in [-0.05, 0) is 67.1 Å². The Morgan fingerprint density at radius 2 is 1.67 bits per heavy atom. The second kappa shape index (κ2) is 13.4. The van der Waals surface area contributed by atoms with Crippen molar-refractivity contribution in [1.82, 2.24) is 10.3 Å². The van der Waals surface area contributed by atoms with Crippen LogP contribution in [0.15, 0.2) is 108 Å². The van der Waals surface area contributed by atoms with Crippen molar-refractivity contribution in [3.8, 4) is 0 Å². The molecule has 1 aromatic heterocycles. The minimum Gasteiger partial charge on any atom is -0.321 e. The molecule has 196 valence electrons. The first kappa shape index (κ1) is 27.6. The number of aromatic nitrogens is 1. The van der Waals surface area contributed by atoms with E-state index in [-0.39, 0.29) is 23.3 Å². The van der Waals surface area contributed by atoms with E-state index in [0.29, 0.717) is 22.1 Å². The van der Waals surface area contributed by atoms with Gasteiger partial charge in [0.2, 0.25) is 5.91 Å². The van der Waals surface area contributed by atoms with E-state index in [0.717, 1.165) is 16.0 Å². The summed E-state index contributed by atoms with van der Waals surface area (Å²) in [6, 6.07) is 26.7. The fourth-order valence-electron chi connectivity index (χ4n) is 3.48. The van der Waals surface area contributed by atoms with Crippen molar-refractivity contribution in [2.24, 2.45) is 0 Å². The van der Waals surface area contributed by atoms with Gasteiger partial charge in [0.25, 0.3) is 11.8 Å². The Balaban J connectivity index is 1.40. The first-order chi connectivity index (χ1) is 18.9. The number of rotatable bonds is 9. The van der Waals surface area contributed by atoms with Crippen LogP contribution in [0.1, 0.15) is 21.5 Å². The van der Waals surface area contributed by atoms with Gasteiger partial charge in [0.1, 0.15) is 11.5 Å². The first-order valence-corrected chi connectivity index (χ1v) is 13.3. The van der Waals surface area contributed by atoms with Gasteiger partial charge in [0, 0.05) is 22.3 Å². The number of halogens is 1. The topological polar surface area (TPSA) is 100 Å². The van der Waals surface area contributed by atoms with Crippen LogP contribution in [0.4, 0.5) is 11.5 Å². The number of pyridine rings is 1. The van der Waals surface area contributed by atoms with Crippen LogP contribution in [0.2, 0.25) is 5.02 Å². The van der Waals surface area contributed by atoms with Gasteiger partial charge in [0.15, 0.2) is 0 Å². The predicted molar refractivity (Wildman–Crippen MR) is 157 cm³/mol. The molecule has 0 saturated carbocycles. The average Bonchev–Trinajstić information content (AvgIpc) is 2.94. The summed E-state index contributed by atoms with van der Waals surface area (Å²) in [4.78, 5) is 43.1. The third-order valence-electron chi connectivity index (χ3n) is 5.36. The zero-order valence-corrected chi connectivity index (χ0v) is 22.6. The molecular weight excluding hydrogens is 532 g/mol. The molecule has 0 spiro atoms. The highest BCUT2D eigenvalue weighted by atomic mass is 35.5. The van der Waals surface area contributed by atoms with E-state index in [1.165, 1.54) is 18.0 Å². The van der Waals surface area contributed by atoms with Gasteiger partial charge in [-0.15, -0.1) is 11.8 Å². The predicted octanol–water partition coefficient (Wildman–Crippen LogP) is 6.18. The maximum Gasteiger partial charge on any atom is 0.272 e. The second-order valence-electron chi connectivity index (χ2n) is 8.47. The summed E-state index contributed by atoms with van der Waals surface area (Å²) in [5, 5.41) is 8.78. The van der Waals surface area contributed by atoms with E-state index in [9.17, 15) is 14.4 Å². The standard InChI is InChI=1S/C30H25ClN4O3S/c1-20-6-5-7-21(16-20)17-26(34-29(37)22-8-3-2-4-9-22)30(38)33-24-11-13-25(14-12-24)39-19-28(36)35-27-15-10-23(31)18-32-27/h2-18H,19H2,1H3,(H,33,38)(H,34,37)(H,32,35,36)/b26-17-. The van der Waals surface area contributed by atoms with E-state index >= 15 is 0 Å². The summed E-state index contributed by atoms with van der Waals surface area (Å²) in [6.07, 6.45) is 3.10. The van der Waals surface area contributed by atoms with Crippen molar-refractivity contribution in [2.45, 2.75) is 11.8 Å². The zero-order valence-electron chi connectivity index (χ0n) is 21.0. The van der Waals surface area contributed by atoms with Crippen LogP contribution in [-0.4, -0.2) is 28.5 Å². The quantitative estimate of drug-likeness (QED) is 0.169. The molecule has 7 nitrogen and oxygen atoms in total. The fraction of sp³-hybridized carbons (Fsp3) is 0.0667. The molecule has 9 heteroatoms. The highest BCUT2D eigenvalue weighted by Crippen LogP contribution is 2.21. The Morgan fingerprint density at radius 3 is 2.36 bits per heavy atom. The summed E-state index contributed by atoms with van der Waals surface area (Å²) < 4.78 is 0. The number of nitrogens with zero attached hydrogens (tertiary/aromatic N) is 1. The van der Waals surface area contributed by atoms with Crippen LogP contribution >= 0.6 is 23.4 Å². The Kier molecular flexibility index (Phi) is 9.50. The lowest BCUT2D eigenvalue weighted by Gasteiger charge is -2.12. The summed E-state index contributed by atoms with van der Waals surface area (Å²) in [5.41, 5.74) is 2.91. The summed E-state index contributed by atoms with van der Waals surface area (Å²) in [7, 11) is 0. The molecular formula is C30H25ClN4O3S. The third-order valence-corrected chi connectivity index (χ3v) is 6.59. The molecule has 0 fully saturated rings. The molecule has 3 N–H and O–H groups in total. The van der Waals surface area contributed by atoms with Gasteiger partial charge >= 0.3 is 0 Å². The van der Waals surface area contributed by atoms with E-state index in [1.54, 1.807) is 66.7 Å². The lowest BCUT2D eigenvalue weighted by atomic mass is 10.1. The second-order valence-corrected chi connectivity index (χ2v) is 9.95. The number of thioether (sulfide) groups is 1. The van der Waals surface area contributed by atoms with Crippen LogP contribution in [0, 0.1) is 6.92 Å². The molecule has 0 unspecified atom stereocenters. The third kappa shape index (κ3) is 8.56. The molecule has 0 aliphatic rings. The molecule has 3 amide bonds. The lowest BCUT2D eigenvalue weighted by Crippen LogP contribution is -2.30. The number of hydrogen-bond acceptors (Lipinski definition) is 5. The van der Waals surface area contributed by atoms with Crippen LogP contribution in [0.5, 0.6) is 0 Å². The van der Waals surface area contributed by atoms with Crippen LogP contribution in [0.3, 0.4) is 0 Å². The van der Waals surface area contributed by atoms with Crippen molar-refractivity contribution < 1.29 is 14.4 Å². The van der Waals surface area contributed by atoms with Crippen molar-refractivity contribution >= 4 is 58.7 Å². The average molecular weight is 557 g/mol. The molecule has 0 aliphatic heterocycles. The Labute approximate surface area is 235 Å². The first-order valence-electron chi connectivity index (χ1n) is 12.0. The molecule has 0 atom stereocenters. The van der Waals surface area contributed by atoms with Crippen molar-refractivity contribution in [3.05, 3.63) is 125 Å². The molecule has 0 aliphatic carbocycles. The summed E-state index contributed by atoms with van der Waals surface area (Å²) in [5.74, 6) is -0.436. The van der Waals surface area contributed by atoms with Crippen LogP contribution in [0.25, 0.3) is 6.08 Å². The van der Waals surface area contributed by atoms with Gasteiger partial charge in [-0.1, -0.05) is 59.6 Å². The van der Waals surface area contributed by atoms with E-state index in [1.807, 2.05) is 37.3 Å². The lowest BCUT2D eigenvalue weighted by molar-refractivity contribution is -0.114. The number of nitrogens with one attached hydrogen (secondary N) is 3. The number of carbonyl (C=O) groups excluding carboxylic acids is 3. The van der Waals surface area contributed by atoms with Crippen molar-refractivity contribution in [2.75, 3.05) is 16.4 Å². The Hall–Kier alpha value is -4.40. The monoisotopic (exact) mass is 556 g/mol. The normalized spacial score (nSPS) is 11.0. The molecule has 4 rings (SSSR count). The van der Waals surface area contributed by atoms with E-state index in [2.05, 4.69) is 20.9 Å². The highest BCUT2D eigenvalue weighted by molar-refractivity contribution is 8.00. The minimum atomic E-state index is -0.462. The number of anilines is 2. The molecule has 1 heterocycles. The smallest absolute Gasteiger partial charge is 0.272 e. The van der Waals surface area contributed by atoms with E-state index in [4.69, 9.17) is 11.6 Å². The Morgan fingerprint density at radius 1 is 0.897 bits per heavy atom. The zero-order chi connectivity index (χ0) is 27.6. The molecule has 0 bridgehead atoms. The largest absolute Gasteiger partial charge is 0.321 e. The maximum absolute atomic E-state index is 13.2. The van der Waals surface area contributed by atoms with Gasteiger partial charge in [-0.2, -0.15) is 0 Å². The highest BCUT2D eigenvalue weighted by Gasteiger charge is 2.15. The summed E-state index contributed by atoms with van der Waals surface area (Å²) in [6.45, 7) is 1.96.